The van der Waals surface area contributed by atoms with Gasteiger partial charge in [0.2, 0.25) is 0 Å². The highest BCUT2D eigenvalue weighted by Gasteiger charge is 2.29. The minimum absolute atomic E-state index is 0.00581. The van der Waals surface area contributed by atoms with Crippen LogP contribution in [0.4, 0.5) is 0 Å². The number of halogens is 1. The van der Waals surface area contributed by atoms with Crippen LogP contribution < -0.4 is 0 Å². The molecule has 0 saturated carbocycles. The van der Waals surface area contributed by atoms with E-state index in [0.717, 1.165) is 35.6 Å². The molecule has 1 aromatic carbocycles. The molecule has 0 amide bonds. The zero-order valence-electron chi connectivity index (χ0n) is 12.3. The van der Waals surface area contributed by atoms with Crippen LogP contribution in [0, 0.1) is 0 Å². The van der Waals surface area contributed by atoms with Gasteiger partial charge in [-0.1, -0.05) is 33.2 Å². The molecule has 1 fully saturated rings. The van der Waals surface area contributed by atoms with E-state index in [4.69, 9.17) is 14.0 Å². The van der Waals surface area contributed by atoms with Crippen molar-refractivity contribution in [3.63, 3.8) is 0 Å². The summed E-state index contributed by atoms with van der Waals surface area (Å²) in [5.41, 5.74) is 1.03. The molecular formula is C16H16BrNO5. The van der Waals surface area contributed by atoms with Crippen molar-refractivity contribution in [3.8, 4) is 0 Å². The van der Waals surface area contributed by atoms with Crippen molar-refractivity contribution in [2.45, 2.75) is 31.7 Å². The molecular weight excluding hydrogens is 366 g/mol. The fourth-order valence-corrected chi connectivity index (χ4v) is 2.77. The molecule has 122 valence electrons. The summed E-state index contributed by atoms with van der Waals surface area (Å²) in [6.45, 7) is 0.641. The predicted octanol–water partition coefficient (Wildman–Crippen LogP) is 3.77. The molecule has 1 aromatic heterocycles. The number of hydrogen-bond acceptors (Lipinski definition) is 5. The molecule has 1 aliphatic rings. The second-order valence-electron chi connectivity index (χ2n) is 5.28. The smallest absolute Gasteiger partial charge is 0.341 e. The van der Waals surface area contributed by atoms with Crippen molar-refractivity contribution in [2.75, 3.05) is 6.61 Å². The number of hydrogen-bond donors (Lipinski definition) is 1. The Hall–Kier alpha value is -1.70. The van der Waals surface area contributed by atoms with Crippen LogP contribution >= 0.6 is 15.9 Å². The second kappa shape index (κ2) is 7.25. The molecule has 2 heterocycles. The average molecular weight is 382 g/mol. The molecule has 0 bridgehead atoms. The van der Waals surface area contributed by atoms with Crippen molar-refractivity contribution >= 4 is 21.9 Å². The number of benzene rings is 1. The first-order valence-electron chi connectivity index (χ1n) is 7.35. The Morgan fingerprint density at radius 3 is 2.78 bits per heavy atom. The first kappa shape index (κ1) is 16.2. The monoisotopic (exact) mass is 381 g/mol. The highest BCUT2D eigenvalue weighted by molar-refractivity contribution is 9.10. The largest absolute Gasteiger partial charge is 0.478 e. The Labute approximate surface area is 141 Å². The van der Waals surface area contributed by atoms with E-state index in [-0.39, 0.29) is 17.5 Å². The zero-order chi connectivity index (χ0) is 16.2. The summed E-state index contributed by atoms with van der Waals surface area (Å²) in [7, 11) is 0. The molecule has 0 aliphatic carbocycles. The summed E-state index contributed by atoms with van der Waals surface area (Å²) in [4.78, 5) is 11.4. The lowest BCUT2D eigenvalue weighted by molar-refractivity contribution is -0.182. The number of carboxylic acids is 1. The van der Waals surface area contributed by atoms with E-state index in [1.165, 1.54) is 0 Å². The van der Waals surface area contributed by atoms with E-state index >= 15 is 0 Å². The summed E-state index contributed by atoms with van der Waals surface area (Å²) >= 11 is 3.39. The number of rotatable bonds is 5. The minimum atomic E-state index is -1.10. The van der Waals surface area contributed by atoms with Gasteiger partial charge in [-0.3, -0.25) is 0 Å². The molecule has 2 atom stereocenters. The fourth-order valence-electron chi connectivity index (χ4n) is 2.50. The van der Waals surface area contributed by atoms with E-state index in [2.05, 4.69) is 21.1 Å². The van der Waals surface area contributed by atoms with Crippen LogP contribution in [0.5, 0.6) is 0 Å². The summed E-state index contributed by atoms with van der Waals surface area (Å²) in [6.07, 6.45) is 2.88. The molecule has 1 N–H and O–H groups in total. The van der Waals surface area contributed by atoms with Gasteiger partial charge in [0.1, 0.15) is 23.6 Å². The van der Waals surface area contributed by atoms with Crippen LogP contribution in [-0.4, -0.2) is 29.1 Å². The lowest BCUT2D eigenvalue weighted by Crippen LogP contribution is -2.25. The van der Waals surface area contributed by atoms with Gasteiger partial charge in [0.25, 0.3) is 0 Å². The van der Waals surface area contributed by atoms with Crippen LogP contribution in [0.1, 0.15) is 47.0 Å². The zero-order valence-corrected chi connectivity index (χ0v) is 13.9. The summed E-state index contributed by atoms with van der Waals surface area (Å²) < 4.78 is 17.4. The van der Waals surface area contributed by atoms with Gasteiger partial charge in [-0.05, 0) is 37.0 Å². The van der Waals surface area contributed by atoms with Gasteiger partial charge in [0.15, 0.2) is 6.29 Å². The fraction of sp³-hybridized carbons (Fsp3) is 0.375. The van der Waals surface area contributed by atoms with Crippen molar-refractivity contribution in [2.24, 2.45) is 0 Å². The quantitative estimate of drug-likeness (QED) is 0.848. The maximum Gasteiger partial charge on any atom is 0.341 e. The molecule has 6 nitrogen and oxygen atoms in total. The number of aromatic carboxylic acids is 1. The Kier molecular flexibility index (Phi) is 5.09. The Morgan fingerprint density at radius 2 is 2.13 bits per heavy atom. The van der Waals surface area contributed by atoms with E-state index in [9.17, 15) is 9.90 Å². The molecule has 3 rings (SSSR count). The highest BCUT2D eigenvalue weighted by Crippen LogP contribution is 2.32. The van der Waals surface area contributed by atoms with Gasteiger partial charge >= 0.3 is 5.97 Å². The minimum Gasteiger partial charge on any atom is -0.478 e. The molecule has 0 spiro atoms. The van der Waals surface area contributed by atoms with Gasteiger partial charge < -0.3 is 19.1 Å². The highest BCUT2D eigenvalue weighted by atomic mass is 79.9. The summed E-state index contributed by atoms with van der Waals surface area (Å²) in [5.74, 6) is -1.10. The van der Waals surface area contributed by atoms with Crippen LogP contribution in [0.15, 0.2) is 39.5 Å². The maximum absolute atomic E-state index is 11.4. The number of carbonyl (C=O) groups is 1. The van der Waals surface area contributed by atoms with Crippen molar-refractivity contribution in [1.29, 1.82) is 0 Å². The van der Waals surface area contributed by atoms with Crippen molar-refractivity contribution in [3.05, 3.63) is 51.8 Å². The summed E-state index contributed by atoms with van der Waals surface area (Å²) in [5, 5.41) is 13.2. The first-order chi connectivity index (χ1) is 11.1. The van der Waals surface area contributed by atoms with Crippen LogP contribution in [0.2, 0.25) is 0 Å². The normalized spacial score (nSPS) is 19.4. The Balaban J connectivity index is 1.93. The Bertz CT molecular complexity index is 663. The van der Waals surface area contributed by atoms with Gasteiger partial charge in [-0.15, -0.1) is 0 Å². The molecule has 0 unspecified atom stereocenters. The van der Waals surface area contributed by atoms with Crippen molar-refractivity contribution < 1.29 is 23.9 Å². The van der Waals surface area contributed by atoms with E-state index in [1.54, 1.807) is 0 Å². The molecule has 0 radical (unpaired) electrons. The van der Waals surface area contributed by atoms with Crippen LogP contribution in [-0.2, 0) is 9.47 Å². The third-order valence-corrected chi connectivity index (χ3v) is 4.20. The summed E-state index contributed by atoms with van der Waals surface area (Å²) in [6, 6.07) is 7.46. The SMILES string of the molecule is O=C(O)c1conc1[C@H](O[C@@H]1CCCCO1)c1ccc(Br)cc1. The average Bonchev–Trinajstić information content (AvgIpc) is 3.04. The van der Waals surface area contributed by atoms with E-state index < -0.39 is 12.1 Å². The van der Waals surface area contributed by atoms with Crippen LogP contribution in [0.3, 0.4) is 0 Å². The first-order valence-corrected chi connectivity index (χ1v) is 8.14. The van der Waals surface area contributed by atoms with Gasteiger partial charge in [-0.2, -0.15) is 0 Å². The third kappa shape index (κ3) is 3.80. The number of nitrogens with zero attached hydrogens (tertiary/aromatic N) is 1. The third-order valence-electron chi connectivity index (χ3n) is 3.67. The standard InChI is InChI=1S/C16H16BrNO5/c17-11-6-4-10(5-7-11)15(23-13-3-1-2-8-21-13)14-12(16(19)20)9-22-18-14/h4-7,9,13,15H,1-3,8H2,(H,19,20)/t13-,15-/m1/s1. The van der Waals surface area contributed by atoms with Gasteiger partial charge in [0, 0.05) is 11.1 Å². The molecule has 2 aromatic rings. The topological polar surface area (TPSA) is 81.8 Å². The van der Waals surface area contributed by atoms with E-state index in [1.807, 2.05) is 24.3 Å². The maximum atomic E-state index is 11.4. The number of ether oxygens (including phenoxy) is 2. The van der Waals surface area contributed by atoms with Crippen LogP contribution in [0.25, 0.3) is 0 Å². The molecule has 1 aliphatic heterocycles. The lowest BCUT2D eigenvalue weighted by atomic mass is 10.0. The van der Waals surface area contributed by atoms with Gasteiger partial charge in [-0.25, -0.2) is 4.79 Å². The number of aromatic nitrogens is 1. The second-order valence-corrected chi connectivity index (χ2v) is 6.20. The molecule has 23 heavy (non-hydrogen) atoms. The predicted molar refractivity (Wildman–Crippen MR) is 84.1 cm³/mol. The lowest BCUT2D eigenvalue weighted by Gasteiger charge is -2.27. The van der Waals surface area contributed by atoms with E-state index in [0.29, 0.717) is 6.61 Å². The molecule has 7 heteroatoms. The van der Waals surface area contributed by atoms with Crippen molar-refractivity contribution in [1.82, 2.24) is 5.16 Å². The van der Waals surface area contributed by atoms with Gasteiger partial charge in [0.05, 0.1) is 0 Å². The Morgan fingerprint density at radius 1 is 1.35 bits per heavy atom. The number of carboxylic acid groups (broad SMARTS) is 1. The molecule has 1 saturated heterocycles.